The van der Waals surface area contributed by atoms with E-state index in [9.17, 15) is 4.79 Å². The Morgan fingerprint density at radius 1 is 1.19 bits per heavy atom. The number of ether oxygens (including phenoxy) is 1. The van der Waals surface area contributed by atoms with Crippen LogP contribution in [0.4, 0.5) is 0 Å². The van der Waals surface area contributed by atoms with Gasteiger partial charge in [0.05, 0.1) is 13.7 Å². The summed E-state index contributed by atoms with van der Waals surface area (Å²) in [5, 5.41) is 7.17. The van der Waals surface area contributed by atoms with E-state index in [0.717, 1.165) is 48.4 Å². The van der Waals surface area contributed by atoms with E-state index in [1.165, 1.54) is 0 Å². The summed E-state index contributed by atoms with van der Waals surface area (Å²) < 4.78 is 10.6. The average molecular weight is 421 g/mol. The third-order valence-corrected chi connectivity index (χ3v) is 5.69. The second-order valence-corrected chi connectivity index (χ2v) is 8.00. The first-order valence-corrected chi connectivity index (χ1v) is 10.6. The topological polar surface area (TPSA) is 80.5 Å². The molecule has 1 aliphatic heterocycles. The van der Waals surface area contributed by atoms with Gasteiger partial charge in [-0.25, -0.2) is 0 Å². The summed E-state index contributed by atoms with van der Waals surface area (Å²) in [4.78, 5) is 19.4. The first kappa shape index (κ1) is 21.1. The fraction of sp³-hybridized carbons (Fsp3) is 0.375. The number of likely N-dealkylation sites (tertiary alicyclic amines) is 1. The number of hydrogen-bond donors (Lipinski definition) is 1. The van der Waals surface area contributed by atoms with Gasteiger partial charge in [0, 0.05) is 18.0 Å². The average Bonchev–Trinajstić information content (AvgIpc) is 3.27. The number of benzene rings is 2. The van der Waals surface area contributed by atoms with Crippen LogP contribution in [0, 0.1) is 12.8 Å². The molecule has 0 unspecified atom stereocenters. The smallest absolute Gasteiger partial charge is 0.241 e. The minimum Gasteiger partial charge on any atom is -0.497 e. The van der Waals surface area contributed by atoms with Gasteiger partial charge in [-0.1, -0.05) is 41.1 Å². The fourth-order valence-corrected chi connectivity index (χ4v) is 3.84. The van der Waals surface area contributed by atoms with Crippen LogP contribution in [-0.4, -0.2) is 41.1 Å². The molecule has 31 heavy (non-hydrogen) atoms. The van der Waals surface area contributed by atoms with E-state index < -0.39 is 0 Å². The van der Waals surface area contributed by atoms with Gasteiger partial charge in [0.1, 0.15) is 5.75 Å². The Bertz CT molecular complexity index is 1010. The molecule has 162 valence electrons. The summed E-state index contributed by atoms with van der Waals surface area (Å²) in [6, 6.07) is 15.8. The van der Waals surface area contributed by atoms with Crippen LogP contribution >= 0.6 is 0 Å². The number of aryl methyl sites for hydroxylation is 1. The minimum atomic E-state index is 0.0417. The molecule has 0 atom stereocenters. The van der Waals surface area contributed by atoms with Gasteiger partial charge in [-0.2, -0.15) is 4.98 Å². The Morgan fingerprint density at radius 3 is 2.68 bits per heavy atom. The van der Waals surface area contributed by atoms with Crippen molar-refractivity contribution in [3.8, 4) is 17.1 Å². The third kappa shape index (κ3) is 5.49. The highest BCUT2D eigenvalue weighted by Crippen LogP contribution is 2.21. The van der Waals surface area contributed by atoms with Crippen LogP contribution in [0.25, 0.3) is 11.4 Å². The molecule has 1 fully saturated rings. The van der Waals surface area contributed by atoms with Crippen molar-refractivity contribution in [2.24, 2.45) is 5.92 Å². The van der Waals surface area contributed by atoms with Gasteiger partial charge in [-0.05, 0) is 56.6 Å². The van der Waals surface area contributed by atoms with E-state index in [4.69, 9.17) is 9.26 Å². The van der Waals surface area contributed by atoms with Crippen molar-refractivity contribution in [1.29, 1.82) is 0 Å². The molecular formula is C24H28N4O3. The van der Waals surface area contributed by atoms with Gasteiger partial charge in [0.15, 0.2) is 0 Å². The van der Waals surface area contributed by atoms with E-state index in [2.05, 4.69) is 20.4 Å². The Labute approximate surface area is 182 Å². The molecule has 3 aromatic rings. The number of methoxy groups -OCH3 is 1. The van der Waals surface area contributed by atoms with Gasteiger partial charge >= 0.3 is 0 Å². The molecule has 1 N–H and O–H groups in total. The Kier molecular flexibility index (Phi) is 6.62. The van der Waals surface area contributed by atoms with Crippen molar-refractivity contribution in [2.75, 3.05) is 20.2 Å². The van der Waals surface area contributed by atoms with E-state index >= 15 is 0 Å². The molecule has 4 rings (SSSR count). The SMILES string of the molecule is COc1ccc(CNC(=O)C2CCN(Cc3nc(-c4cccc(C)c4)no3)CC2)cc1. The largest absolute Gasteiger partial charge is 0.497 e. The predicted octanol–water partition coefficient (Wildman–Crippen LogP) is 3.58. The predicted molar refractivity (Wildman–Crippen MR) is 117 cm³/mol. The van der Waals surface area contributed by atoms with Crippen molar-refractivity contribution in [3.63, 3.8) is 0 Å². The van der Waals surface area contributed by atoms with E-state index in [1.807, 2.05) is 55.5 Å². The monoisotopic (exact) mass is 420 g/mol. The summed E-state index contributed by atoms with van der Waals surface area (Å²) in [5.41, 5.74) is 3.19. The zero-order chi connectivity index (χ0) is 21.6. The van der Waals surface area contributed by atoms with Gasteiger partial charge in [-0.15, -0.1) is 0 Å². The molecule has 0 bridgehead atoms. The van der Waals surface area contributed by atoms with Gasteiger partial charge in [0.2, 0.25) is 17.6 Å². The van der Waals surface area contributed by atoms with Crippen LogP contribution in [0.5, 0.6) is 5.75 Å². The van der Waals surface area contributed by atoms with Crippen molar-refractivity contribution in [1.82, 2.24) is 20.4 Å². The summed E-state index contributed by atoms with van der Waals surface area (Å²) in [6.45, 7) is 4.86. The molecule has 1 saturated heterocycles. The van der Waals surface area contributed by atoms with Crippen molar-refractivity contribution < 1.29 is 14.1 Å². The maximum absolute atomic E-state index is 12.6. The summed E-state index contributed by atoms with van der Waals surface area (Å²) in [5.74, 6) is 2.20. The molecule has 0 saturated carbocycles. The number of carbonyl (C=O) groups excluding carboxylic acids is 1. The van der Waals surface area contributed by atoms with Crippen LogP contribution in [-0.2, 0) is 17.9 Å². The molecule has 0 spiro atoms. The molecule has 0 radical (unpaired) electrons. The van der Waals surface area contributed by atoms with Gasteiger partial charge in [0.25, 0.3) is 0 Å². The Morgan fingerprint density at radius 2 is 1.97 bits per heavy atom. The van der Waals surface area contributed by atoms with E-state index in [1.54, 1.807) is 7.11 Å². The van der Waals surface area contributed by atoms with Gasteiger partial charge in [-0.3, -0.25) is 9.69 Å². The zero-order valence-corrected chi connectivity index (χ0v) is 18.0. The second kappa shape index (κ2) is 9.75. The standard InChI is InChI=1S/C24H28N4O3/c1-17-4-3-5-20(14-17)23-26-22(31-27-23)16-28-12-10-19(11-13-28)24(29)25-15-18-6-8-21(30-2)9-7-18/h3-9,14,19H,10-13,15-16H2,1-2H3,(H,25,29). The molecule has 7 heteroatoms. The molecular weight excluding hydrogens is 392 g/mol. The lowest BCUT2D eigenvalue weighted by molar-refractivity contribution is -0.126. The minimum absolute atomic E-state index is 0.0417. The lowest BCUT2D eigenvalue weighted by Crippen LogP contribution is -2.40. The molecule has 1 aromatic heterocycles. The van der Waals surface area contributed by atoms with E-state index in [0.29, 0.717) is 24.8 Å². The summed E-state index contributed by atoms with van der Waals surface area (Å²) in [7, 11) is 1.64. The normalized spacial score (nSPS) is 15.0. The van der Waals surface area contributed by atoms with Crippen molar-refractivity contribution >= 4 is 5.91 Å². The summed E-state index contributed by atoms with van der Waals surface area (Å²) >= 11 is 0. The third-order valence-electron chi connectivity index (χ3n) is 5.69. The summed E-state index contributed by atoms with van der Waals surface area (Å²) in [6.07, 6.45) is 1.65. The van der Waals surface area contributed by atoms with E-state index in [-0.39, 0.29) is 11.8 Å². The lowest BCUT2D eigenvalue weighted by Gasteiger charge is -2.30. The zero-order valence-electron chi connectivity index (χ0n) is 18.0. The van der Waals surface area contributed by atoms with Crippen LogP contribution < -0.4 is 10.1 Å². The van der Waals surface area contributed by atoms with Crippen molar-refractivity contribution in [2.45, 2.75) is 32.9 Å². The molecule has 2 aromatic carbocycles. The number of carbonyl (C=O) groups is 1. The first-order valence-electron chi connectivity index (χ1n) is 10.6. The van der Waals surface area contributed by atoms with Crippen molar-refractivity contribution in [3.05, 3.63) is 65.5 Å². The van der Waals surface area contributed by atoms with Crippen LogP contribution in [0.1, 0.15) is 29.9 Å². The second-order valence-electron chi connectivity index (χ2n) is 8.00. The lowest BCUT2D eigenvalue weighted by atomic mass is 9.96. The van der Waals surface area contributed by atoms with Crippen LogP contribution in [0.15, 0.2) is 53.1 Å². The number of nitrogens with one attached hydrogen (secondary N) is 1. The fourth-order valence-electron chi connectivity index (χ4n) is 3.84. The Balaban J connectivity index is 1.23. The Hall–Kier alpha value is -3.19. The highest BCUT2D eigenvalue weighted by atomic mass is 16.5. The van der Waals surface area contributed by atoms with Crippen LogP contribution in [0.3, 0.4) is 0 Å². The van der Waals surface area contributed by atoms with Crippen LogP contribution in [0.2, 0.25) is 0 Å². The maximum Gasteiger partial charge on any atom is 0.241 e. The number of piperidine rings is 1. The molecule has 0 aliphatic carbocycles. The number of amides is 1. The number of rotatable bonds is 7. The molecule has 2 heterocycles. The highest BCUT2D eigenvalue weighted by molar-refractivity contribution is 5.78. The molecule has 1 amide bonds. The maximum atomic E-state index is 12.6. The highest BCUT2D eigenvalue weighted by Gasteiger charge is 2.26. The number of nitrogens with zero attached hydrogens (tertiary/aromatic N) is 3. The van der Waals surface area contributed by atoms with Gasteiger partial charge < -0.3 is 14.6 Å². The molecule has 7 nitrogen and oxygen atoms in total. The molecule has 1 aliphatic rings. The number of hydrogen-bond acceptors (Lipinski definition) is 6. The number of aromatic nitrogens is 2. The first-order chi connectivity index (χ1) is 15.1. The quantitative estimate of drug-likeness (QED) is 0.629.